The zero-order valence-corrected chi connectivity index (χ0v) is 10.6. The van der Waals surface area contributed by atoms with Crippen LogP contribution in [0.5, 0.6) is 0 Å². The van der Waals surface area contributed by atoms with Gasteiger partial charge < -0.3 is 4.90 Å². The first-order valence-electron chi connectivity index (χ1n) is 6.31. The Bertz CT molecular complexity index is 624. The number of benzene rings is 1. The van der Waals surface area contributed by atoms with E-state index in [-0.39, 0.29) is 11.2 Å². The molecule has 1 saturated heterocycles. The molecule has 3 rings (SSSR count). The van der Waals surface area contributed by atoms with Gasteiger partial charge in [-0.05, 0) is 41.2 Å². The van der Waals surface area contributed by atoms with E-state index in [9.17, 15) is 10.1 Å². The second kappa shape index (κ2) is 4.49. The lowest BCUT2D eigenvalue weighted by molar-refractivity contribution is -0.382. The SMILES string of the molecule is C[C@H]1CCCN(c2ccc3nonc3c2[N+](=O)[O-])C1. The van der Waals surface area contributed by atoms with Gasteiger partial charge in [0, 0.05) is 13.1 Å². The van der Waals surface area contributed by atoms with Crippen LogP contribution in [-0.2, 0) is 0 Å². The van der Waals surface area contributed by atoms with Crippen LogP contribution in [0.4, 0.5) is 11.4 Å². The summed E-state index contributed by atoms with van der Waals surface area (Å²) in [6.07, 6.45) is 2.21. The Labute approximate surface area is 109 Å². The largest absolute Gasteiger partial charge is 0.366 e. The highest BCUT2D eigenvalue weighted by Gasteiger charge is 2.28. The predicted molar refractivity (Wildman–Crippen MR) is 69.1 cm³/mol. The average Bonchev–Trinajstić information content (AvgIpc) is 2.85. The third-order valence-electron chi connectivity index (χ3n) is 3.56. The summed E-state index contributed by atoms with van der Waals surface area (Å²) in [6.45, 7) is 3.83. The molecule has 1 aromatic heterocycles. The Balaban J connectivity index is 2.11. The van der Waals surface area contributed by atoms with E-state index < -0.39 is 4.92 Å². The van der Waals surface area contributed by atoms with Crippen molar-refractivity contribution >= 4 is 22.4 Å². The number of hydrogen-bond donors (Lipinski definition) is 0. The minimum absolute atomic E-state index is 0.00662. The number of hydrogen-bond acceptors (Lipinski definition) is 6. The number of nitrogens with zero attached hydrogens (tertiary/aromatic N) is 4. The number of anilines is 1. The molecule has 1 atom stereocenters. The van der Waals surface area contributed by atoms with Crippen molar-refractivity contribution in [2.24, 2.45) is 5.92 Å². The zero-order valence-electron chi connectivity index (χ0n) is 10.6. The summed E-state index contributed by atoms with van der Waals surface area (Å²) in [4.78, 5) is 13.0. The van der Waals surface area contributed by atoms with Crippen molar-refractivity contribution in [2.75, 3.05) is 18.0 Å². The molecule has 19 heavy (non-hydrogen) atoms. The van der Waals surface area contributed by atoms with Crippen molar-refractivity contribution in [3.63, 3.8) is 0 Å². The summed E-state index contributed by atoms with van der Waals surface area (Å²) < 4.78 is 4.60. The summed E-state index contributed by atoms with van der Waals surface area (Å²) in [5.41, 5.74) is 1.24. The van der Waals surface area contributed by atoms with Crippen LogP contribution in [0.2, 0.25) is 0 Å². The normalized spacial score (nSPS) is 19.8. The number of nitro groups is 1. The fourth-order valence-electron chi connectivity index (χ4n) is 2.67. The minimum Gasteiger partial charge on any atom is -0.366 e. The predicted octanol–water partition coefficient (Wildman–Crippen LogP) is 2.37. The average molecular weight is 262 g/mol. The molecular weight excluding hydrogens is 248 g/mol. The Kier molecular flexibility index (Phi) is 2.81. The highest BCUT2D eigenvalue weighted by molar-refractivity contribution is 5.91. The quantitative estimate of drug-likeness (QED) is 0.610. The molecule has 7 heteroatoms. The van der Waals surface area contributed by atoms with Gasteiger partial charge in [-0.15, -0.1) is 0 Å². The van der Waals surface area contributed by atoms with Gasteiger partial charge in [0.1, 0.15) is 11.2 Å². The van der Waals surface area contributed by atoms with Gasteiger partial charge in [-0.25, -0.2) is 4.63 Å². The summed E-state index contributed by atoms with van der Waals surface area (Å²) in [5.74, 6) is 0.541. The first kappa shape index (κ1) is 11.9. The van der Waals surface area contributed by atoms with E-state index in [0.29, 0.717) is 17.1 Å². The van der Waals surface area contributed by atoms with E-state index in [1.807, 2.05) is 0 Å². The van der Waals surface area contributed by atoms with Crippen LogP contribution < -0.4 is 4.90 Å². The Morgan fingerprint density at radius 2 is 2.32 bits per heavy atom. The lowest BCUT2D eigenvalue weighted by atomic mass is 9.99. The first-order chi connectivity index (χ1) is 9.16. The maximum absolute atomic E-state index is 11.3. The lowest BCUT2D eigenvalue weighted by Gasteiger charge is -2.32. The van der Waals surface area contributed by atoms with Crippen molar-refractivity contribution in [1.82, 2.24) is 10.3 Å². The molecule has 0 amide bonds. The Hall–Kier alpha value is -2.18. The van der Waals surface area contributed by atoms with E-state index >= 15 is 0 Å². The van der Waals surface area contributed by atoms with Gasteiger partial charge in [-0.3, -0.25) is 10.1 Å². The van der Waals surface area contributed by atoms with Crippen molar-refractivity contribution in [1.29, 1.82) is 0 Å². The molecule has 0 N–H and O–H groups in total. The van der Waals surface area contributed by atoms with Crippen molar-refractivity contribution in [2.45, 2.75) is 19.8 Å². The molecule has 0 saturated carbocycles. The van der Waals surface area contributed by atoms with Gasteiger partial charge >= 0.3 is 5.69 Å². The van der Waals surface area contributed by atoms with Crippen molar-refractivity contribution < 1.29 is 9.55 Å². The van der Waals surface area contributed by atoms with Crippen LogP contribution in [0.15, 0.2) is 16.8 Å². The maximum Gasteiger partial charge on any atom is 0.323 e. The van der Waals surface area contributed by atoms with Gasteiger partial charge in [0.15, 0.2) is 0 Å². The molecule has 1 fully saturated rings. The van der Waals surface area contributed by atoms with Gasteiger partial charge in [0.05, 0.1) is 4.92 Å². The van der Waals surface area contributed by atoms with E-state index in [4.69, 9.17) is 0 Å². The fourth-order valence-corrected chi connectivity index (χ4v) is 2.67. The third-order valence-corrected chi connectivity index (χ3v) is 3.56. The second-order valence-corrected chi connectivity index (χ2v) is 5.02. The molecule has 1 aromatic carbocycles. The monoisotopic (exact) mass is 262 g/mol. The van der Waals surface area contributed by atoms with Crippen LogP contribution in [0.1, 0.15) is 19.8 Å². The molecule has 1 aliphatic rings. The van der Waals surface area contributed by atoms with E-state index in [1.165, 1.54) is 0 Å². The molecule has 7 nitrogen and oxygen atoms in total. The molecule has 0 radical (unpaired) electrons. The van der Waals surface area contributed by atoms with E-state index in [0.717, 1.165) is 25.9 Å². The second-order valence-electron chi connectivity index (χ2n) is 5.02. The number of fused-ring (bicyclic) bond motifs is 1. The smallest absolute Gasteiger partial charge is 0.323 e. The molecular formula is C12H14N4O3. The Morgan fingerprint density at radius 3 is 3.05 bits per heavy atom. The Morgan fingerprint density at radius 1 is 1.47 bits per heavy atom. The third kappa shape index (κ3) is 2.00. The zero-order chi connectivity index (χ0) is 13.4. The molecule has 0 aliphatic carbocycles. The summed E-state index contributed by atoms with van der Waals surface area (Å²) in [7, 11) is 0. The maximum atomic E-state index is 11.3. The van der Waals surface area contributed by atoms with Crippen LogP contribution >= 0.6 is 0 Å². The molecule has 2 aromatic rings. The first-order valence-corrected chi connectivity index (χ1v) is 6.31. The topological polar surface area (TPSA) is 85.3 Å². The van der Waals surface area contributed by atoms with Crippen LogP contribution in [0, 0.1) is 16.0 Å². The molecule has 2 heterocycles. The molecule has 1 aliphatic heterocycles. The number of piperidine rings is 1. The van der Waals surface area contributed by atoms with Crippen molar-refractivity contribution in [3.8, 4) is 0 Å². The summed E-state index contributed by atoms with van der Waals surface area (Å²) in [5, 5.41) is 18.6. The summed E-state index contributed by atoms with van der Waals surface area (Å²) >= 11 is 0. The van der Waals surface area contributed by atoms with Crippen LogP contribution in [-0.4, -0.2) is 28.3 Å². The number of aromatic nitrogens is 2. The van der Waals surface area contributed by atoms with Crippen molar-refractivity contribution in [3.05, 3.63) is 22.2 Å². The lowest BCUT2D eigenvalue weighted by Crippen LogP contribution is -2.34. The summed E-state index contributed by atoms with van der Waals surface area (Å²) in [6, 6.07) is 3.45. The van der Waals surface area contributed by atoms with E-state index in [1.54, 1.807) is 12.1 Å². The fraction of sp³-hybridized carbons (Fsp3) is 0.500. The van der Waals surface area contributed by atoms with Crippen LogP contribution in [0.25, 0.3) is 11.0 Å². The minimum atomic E-state index is -0.402. The van der Waals surface area contributed by atoms with Gasteiger partial charge in [0.2, 0.25) is 5.52 Å². The van der Waals surface area contributed by atoms with E-state index in [2.05, 4.69) is 26.8 Å². The number of rotatable bonds is 2. The van der Waals surface area contributed by atoms with Crippen LogP contribution in [0.3, 0.4) is 0 Å². The highest BCUT2D eigenvalue weighted by atomic mass is 16.6. The number of nitro benzene ring substituents is 1. The highest BCUT2D eigenvalue weighted by Crippen LogP contribution is 2.36. The van der Waals surface area contributed by atoms with Gasteiger partial charge in [-0.2, -0.15) is 0 Å². The molecule has 100 valence electrons. The standard InChI is InChI=1S/C12H14N4O3/c1-8-3-2-6-15(7-8)10-5-4-9-11(14-19-13-9)12(10)16(17)18/h4-5,8H,2-3,6-7H2,1H3/t8-/m0/s1. The van der Waals surface area contributed by atoms with Gasteiger partial charge in [-0.1, -0.05) is 6.92 Å². The molecule has 0 spiro atoms. The molecule has 0 bridgehead atoms. The molecule has 0 unspecified atom stereocenters. The van der Waals surface area contributed by atoms with Gasteiger partial charge in [0.25, 0.3) is 0 Å².